The molecule has 2 aromatic rings. The molecule has 2 N–H and O–H groups in total. The molecule has 0 fully saturated rings. The lowest BCUT2D eigenvalue weighted by atomic mass is 10.0. The Balaban J connectivity index is 2.48. The molecule has 124 valence electrons. The summed E-state index contributed by atoms with van der Waals surface area (Å²) in [7, 11) is 0. The third kappa shape index (κ3) is 3.52. The van der Waals surface area contributed by atoms with Crippen LogP contribution in [-0.4, -0.2) is 12.5 Å². The Bertz CT molecular complexity index is 712. The normalized spacial score (nSPS) is 11.6. The summed E-state index contributed by atoms with van der Waals surface area (Å²) in [6, 6.07) is 4.63. The molecule has 0 aliphatic rings. The summed E-state index contributed by atoms with van der Waals surface area (Å²) < 4.78 is 85.0. The summed E-state index contributed by atoms with van der Waals surface area (Å²) in [5.74, 6) is -10.1. The van der Waals surface area contributed by atoms with Crippen molar-refractivity contribution in [3.8, 4) is 16.9 Å². The van der Waals surface area contributed by atoms with E-state index in [1.165, 1.54) is 12.1 Å². The first-order valence-corrected chi connectivity index (χ1v) is 6.34. The van der Waals surface area contributed by atoms with Crippen molar-refractivity contribution >= 4 is 5.69 Å². The predicted octanol–water partition coefficient (Wildman–Crippen LogP) is 4.53. The summed E-state index contributed by atoms with van der Waals surface area (Å²) in [5.41, 5.74) is 2.36. The van der Waals surface area contributed by atoms with E-state index in [0.29, 0.717) is 6.92 Å². The number of hydrogen-bond donors (Lipinski definition) is 1. The van der Waals surface area contributed by atoms with Gasteiger partial charge in [0.2, 0.25) is 0 Å². The molecule has 0 aliphatic heterocycles. The van der Waals surface area contributed by atoms with Crippen LogP contribution < -0.4 is 10.5 Å². The Morgan fingerprint density at radius 2 is 1.57 bits per heavy atom. The van der Waals surface area contributed by atoms with E-state index in [0.717, 1.165) is 12.1 Å². The van der Waals surface area contributed by atoms with E-state index in [1.807, 2.05) is 0 Å². The zero-order valence-electron chi connectivity index (χ0n) is 11.8. The van der Waals surface area contributed by atoms with Gasteiger partial charge in [0, 0.05) is 6.92 Å². The maximum absolute atomic E-state index is 13.9. The largest absolute Gasteiger partial charge is 0.487 e. The van der Waals surface area contributed by atoms with Gasteiger partial charge in [-0.25, -0.2) is 26.3 Å². The van der Waals surface area contributed by atoms with Crippen molar-refractivity contribution in [2.24, 2.45) is 0 Å². The smallest absolute Gasteiger partial charge is 0.278 e. The maximum Gasteiger partial charge on any atom is 0.278 e. The molecular formula is C15H11F6NO. The van der Waals surface area contributed by atoms with Crippen LogP contribution >= 0.6 is 0 Å². The topological polar surface area (TPSA) is 35.2 Å². The van der Waals surface area contributed by atoms with Crippen molar-refractivity contribution in [2.75, 3.05) is 12.3 Å². The number of alkyl halides is 2. The first kappa shape index (κ1) is 17.0. The number of ether oxygens (including phenoxy) is 1. The van der Waals surface area contributed by atoms with Crippen LogP contribution in [0.4, 0.5) is 32.0 Å². The Morgan fingerprint density at radius 1 is 1.00 bits per heavy atom. The van der Waals surface area contributed by atoms with Gasteiger partial charge in [0.25, 0.3) is 5.92 Å². The van der Waals surface area contributed by atoms with Crippen LogP contribution in [0.2, 0.25) is 0 Å². The molecule has 0 spiro atoms. The lowest BCUT2D eigenvalue weighted by Gasteiger charge is -2.14. The van der Waals surface area contributed by atoms with E-state index in [1.54, 1.807) is 0 Å². The lowest BCUT2D eigenvalue weighted by Crippen LogP contribution is -2.20. The highest BCUT2D eigenvalue weighted by atomic mass is 19.3. The fraction of sp³-hybridized carbons (Fsp3) is 0.200. The van der Waals surface area contributed by atoms with Gasteiger partial charge in [0.1, 0.15) is 11.4 Å². The van der Waals surface area contributed by atoms with E-state index < -0.39 is 47.0 Å². The SMILES string of the molecule is CC(F)(F)COc1cccc(-c2c(F)c(F)c(N)c(F)c2F)c1. The minimum Gasteiger partial charge on any atom is -0.487 e. The predicted molar refractivity (Wildman–Crippen MR) is 72.2 cm³/mol. The van der Waals surface area contributed by atoms with Crippen LogP contribution in [0.5, 0.6) is 5.75 Å². The molecule has 0 atom stereocenters. The van der Waals surface area contributed by atoms with Crippen molar-refractivity contribution < 1.29 is 31.1 Å². The fourth-order valence-corrected chi connectivity index (χ4v) is 1.85. The van der Waals surface area contributed by atoms with E-state index in [4.69, 9.17) is 10.5 Å². The van der Waals surface area contributed by atoms with Crippen LogP contribution in [0.15, 0.2) is 24.3 Å². The number of anilines is 1. The van der Waals surface area contributed by atoms with Crippen molar-refractivity contribution in [2.45, 2.75) is 12.8 Å². The molecule has 0 unspecified atom stereocenters. The second-order valence-corrected chi connectivity index (χ2v) is 4.93. The van der Waals surface area contributed by atoms with Gasteiger partial charge in [-0.1, -0.05) is 12.1 Å². The van der Waals surface area contributed by atoms with Crippen LogP contribution in [-0.2, 0) is 0 Å². The standard InChI is InChI=1S/C15H11F6NO/c1-15(20,21)6-23-8-4-2-3-7(5-8)9-10(16)12(18)14(22)13(19)11(9)17/h2-5H,6,22H2,1H3. The molecule has 2 aromatic carbocycles. The van der Waals surface area contributed by atoms with Crippen molar-refractivity contribution in [1.82, 2.24) is 0 Å². The summed E-state index contributed by atoms with van der Waals surface area (Å²) in [4.78, 5) is 0. The van der Waals surface area contributed by atoms with Gasteiger partial charge in [-0.15, -0.1) is 0 Å². The molecule has 0 amide bonds. The quantitative estimate of drug-likeness (QED) is 0.506. The minimum absolute atomic E-state index is 0.138. The first-order chi connectivity index (χ1) is 10.6. The molecule has 0 radical (unpaired) electrons. The Labute approximate surface area is 127 Å². The van der Waals surface area contributed by atoms with Gasteiger partial charge in [0.05, 0.1) is 5.56 Å². The third-order valence-corrected chi connectivity index (χ3v) is 2.91. The van der Waals surface area contributed by atoms with Gasteiger partial charge in [0.15, 0.2) is 29.9 Å². The number of hydrogen-bond acceptors (Lipinski definition) is 2. The van der Waals surface area contributed by atoms with E-state index in [9.17, 15) is 26.3 Å². The molecule has 2 nitrogen and oxygen atoms in total. The number of nitrogen functional groups attached to an aromatic ring is 1. The van der Waals surface area contributed by atoms with E-state index >= 15 is 0 Å². The average Bonchev–Trinajstić information content (AvgIpc) is 2.49. The zero-order chi connectivity index (χ0) is 17.4. The fourth-order valence-electron chi connectivity index (χ4n) is 1.85. The highest BCUT2D eigenvalue weighted by Crippen LogP contribution is 2.34. The average molecular weight is 335 g/mol. The van der Waals surface area contributed by atoms with Crippen LogP contribution in [0.3, 0.4) is 0 Å². The van der Waals surface area contributed by atoms with Crippen molar-refractivity contribution in [1.29, 1.82) is 0 Å². The molecule has 0 aliphatic carbocycles. The molecular weight excluding hydrogens is 324 g/mol. The first-order valence-electron chi connectivity index (χ1n) is 6.34. The second-order valence-electron chi connectivity index (χ2n) is 4.93. The lowest BCUT2D eigenvalue weighted by molar-refractivity contribution is -0.0229. The van der Waals surface area contributed by atoms with Gasteiger partial charge in [-0.05, 0) is 17.7 Å². The van der Waals surface area contributed by atoms with Crippen LogP contribution in [0, 0.1) is 23.3 Å². The van der Waals surface area contributed by atoms with Crippen molar-refractivity contribution in [3.05, 3.63) is 47.5 Å². The van der Waals surface area contributed by atoms with E-state index in [-0.39, 0.29) is 11.3 Å². The van der Waals surface area contributed by atoms with E-state index in [2.05, 4.69) is 0 Å². The summed E-state index contributed by atoms with van der Waals surface area (Å²) in [5, 5.41) is 0. The molecule has 0 saturated carbocycles. The number of rotatable bonds is 4. The molecule has 2 rings (SSSR count). The Kier molecular flexibility index (Phi) is 4.44. The molecule has 0 aromatic heterocycles. The monoisotopic (exact) mass is 335 g/mol. The van der Waals surface area contributed by atoms with Gasteiger partial charge >= 0.3 is 0 Å². The summed E-state index contributed by atoms with van der Waals surface area (Å²) in [6.45, 7) is -0.340. The zero-order valence-corrected chi connectivity index (χ0v) is 11.8. The Hall–Kier alpha value is -2.38. The highest BCUT2D eigenvalue weighted by Gasteiger charge is 2.25. The molecule has 8 heteroatoms. The van der Waals surface area contributed by atoms with Crippen LogP contribution in [0.25, 0.3) is 11.1 Å². The Morgan fingerprint density at radius 3 is 2.09 bits per heavy atom. The van der Waals surface area contributed by atoms with Gasteiger partial charge < -0.3 is 10.5 Å². The third-order valence-electron chi connectivity index (χ3n) is 2.91. The molecule has 23 heavy (non-hydrogen) atoms. The number of benzene rings is 2. The van der Waals surface area contributed by atoms with Crippen LogP contribution in [0.1, 0.15) is 6.92 Å². The van der Waals surface area contributed by atoms with Gasteiger partial charge in [-0.2, -0.15) is 0 Å². The number of nitrogens with two attached hydrogens (primary N) is 1. The molecule has 0 bridgehead atoms. The second kappa shape index (κ2) is 6.02. The maximum atomic E-state index is 13.9. The summed E-state index contributed by atoms with van der Waals surface area (Å²) in [6.07, 6.45) is 0. The number of halogens is 6. The van der Waals surface area contributed by atoms with Crippen molar-refractivity contribution in [3.63, 3.8) is 0 Å². The molecule has 0 heterocycles. The summed E-state index contributed by atoms with van der Waals surface area (Å²) >= 11 is 0. The minimum atomic E-state index is -3.12. The molecule has 0 saturated heterocycles. The van der Waals surface area contributed by atoms with Gasteiger partial charge in [-0.3, -0.25) is 0 Å². The highest BCUT2D eigenvalue weighted by molar-refractivity contribution is 5.69.